The zero-order valence-electron chi connectivity index (χ0n) is 17.2. The Bertz CT molecular complexity index is 906. The van der Waals surface area contributed by atoms with Crippen LogP contribution in [0.25, 0.3) is 0 Å². The molecule has 150 valence electrons. The van der Waals surface area contributed by atoms with Crippen LogP contribution in [0.1, 0.15) is 29.9 Å². The van der Waals surface area contributed by atoms with Crippen LogP contribution in [0.2, 0.25) is 0 Å². The van der Waals surface area contributed by atoms with Crippen LogP contribution in [0.5, 0.6) is 0 Å². The summed E-state index contributed by atoms with van der Waals surface area (Å²) in [5, 5.41) is 11.2. The molecule has 0 atom stereocenters. The quantitative estimate of drug-likeness (QED) is 0.625. The maximum absolute atomic E-state index is 12.5. The summed E-state index contributed by atoms with van der Waals surface area (Å²) >= 11 is 0. The monoisotopic (exact) mass is 389 g/mol. The molecule has 0 aliphatic rings. The lowest BCUT2D eigenvalue weighted by molar-refractivity contribution is 0.102. The van der Waals surface area contributed by atoms with Crippen molar-refractivity contribution in [3.63, 3.8) is 0 Å². The smallest absolute Gasteiger partial charge is 0.276 e. The standard InChI is InChI=1S/C23H27N5O/c1-4-28(5-2)20-13-11-19(12-14-20)24-23(29)21-15-16-22(26-25-21)27(3)17-18-9-7-6-8-10-18/h6-16H,4-5,17H2,1-3H3,(H,24,29). The Hall–Kier alpha value is -3.41. The minimum absolute atomic E-state index is 0.273. The number of nitrogens with zero attached hydrogens (tertiary/aromatic N) is 4. The topological polar surface area (TPSA) is 61.4 Å². The number of aromatic nitrogens is 2. The molecular weight excluding hydrogens is 362 g/mol. The number of carbonyl (C=O) groups excluding carboxylic acids is 1. The van der Waals surface area contributed by atoms with Gasteiger partial charge in [0, 0.05) is 38.1 Å². The molecule has 1 aromatic heterocycles. The predicted octanol–water partition coefficient (Wildman–Crippen LogP) is 4.21. The fourth-order valence-corrected chi connectivity index (χ4v) is 3.13. The van der Waals surface area contributed by atoms with Gasteiger partial charge in [-0.05, 0) is 55.8 Å². The average molecular weight is 390 g/mol. The molecule has 0 bridgehead atoms. The van der Waals surface area contributed by atoms with Crippen LogP contribution in [-0.2, 0) is 6.54 Å². The van der Waals surface area contributed by atoms with Crippen LogP contribution >= 0.6 is 0 Å². The number of amides is 1. The molecule has 6 nitrogen and oxygen atoms in total. The van der Waals surface area contributed by atoms with Gasteiger partial charge in [-0.15, -0.1) is 10.2 Å². The van der Waals surface area contributed by atoms with Crippen molar-refractivity contribution in [2.24, 2.45) is 0 Å². The molecule has 1 heterocycles. The van der Waals surface area contributed by atoms with Crippen molar-refractivity contribution in [2.45, 2.75) is 20.4 Å². The summed E-state index contributed by atoms with van der Waals surface area (Å²) in [4.78, 5) is 16.7. The van der Waals surface area contributed by atoms with E-state index in [-0.39, 0.29) is 11.6 Å². The summed E-state index contributed by atoms with van der Waals surface area (Å²) in [6.45, 7) is 6.86. The van der Waals surface area contributed by atoms with Gasteiger partial charge in [-0.25, -0.2) is 0 Å². The second-order valence-corrected chi connectivity index (χ2v) is 6.79. The summed E-state index contributed by atoms with van der Waals surface area (Å²) in [7, 11) is 1.95. The lowest BCUT2D eigenvalue weighted by Gasteiger charge is -2.21. The van der Waals surface area contributed by atoms with E-state index in [1.807, 2.05) is 60.5 Å². The molecule has 3 aromatic rings. The number of anilines is 3. The maximum Gasteiger partial charge on any atom is 0.276 e. The van der Waals surface area contributed by atoms with E-state index in [4.69, 9.17) is 0 Å². The summed E-state index contributed by atoms with van der Waals surface area (Å²) < 4.78 is 0. The molecule has 0 fully saturated rings. The molecule has 1 N–H and O–H groups in total. The highest BCUT2D eigenvalue weighted by molar-refractivity contribution is 6.02. The van der Waals surface area contributed by atoms with E-state index in [0.717, 1.165) is 31.0 Å². The van der Waals surface area contributed by atoms with Gasteiger partial charge in [0.1, 0.15) is 0 Å². The number of hydrogen-bond donors (Lipinski definition) is 1. The largest absolute Gasteiger partial charge is 0.372 e. The Kier molecular flexibility index (Phi) is 6.79. The SMILES string of the molecule is CCN(CC)c1ccc(NC(=O)c2ccc(N(C)Cc3ccccc3)nn2)cc1. The fraction of sp³-hybridized carbons (Fsp3) is 0.261. The number of rotatable bonds is 8. The average Bonchev–Trinajstić information content (AvgIpc) is 2.76. The molecule has 0 aliphatic carbocycles. The third kappa shape index (κ3) is 5.31. The van der Waals surface area contributed by atoms with Crippen molar-refractivity contribution >= 4 is 23.1 Å². The van der Waals surface area contributed by atoms with E-state index in [2.05, 4.69) is 46.4 Å². The van der Waals surface area contributed by atoms with Crippen LogP contribution in [0.3, 0.4) is 0 Å². The molecule has 1 amide bonds. The molecule has 0 aliphatic heterocycles. The van der Waals surface area contributed by atoms with Crippen LogP contribution in [0.4, 0.5) is 17.2 Å². The molecule has 3 rings (SSSR count). The van der Waals surface area contributed by atoms with Gasteiger partial charge in [-0.2, -0.15) is 0 Å². The van der Waals surface area contributed by atoms with Gasteiger partial charge in [0.05, 0.1) is 0 Å². The first-order valence-corrected chi connectivity index (χ1v) is 9.85. The van der Waals surface area contributed by atoms with Gasteiger partial charge >= 0.3 is 0 Å². The Labute approximate surface area is 172 Å². The Morgan fingerprint density at radius 2 is 1.59 bits per heavy atom. The lowest BCUT2D eigenvalue weighted by Crippen LogP contribution is -2.21. The van der Waals surface area contributed by atoms with Gasteiger partial charge in [0.2, 0.25) is 0 Å². The number of benzene rings is 2. The highest BCUT2D eigenvalue weighted by atomic mass is 16.1. The molecule has 0 saturated heterocycles. The highest BCUT2D eigenvalue weighted by Gasteiger charge is 2.11. The minimum Gasteiger partial charge on any atom is -0.372 e. The van der Waals surface area contributed by atoms with Crippen molar-refractivity contribution in [1.82, 2.24) is 10.2 Å². The first kappa shape index (κ1) is 20.3. The molecule has 0 radical (unpaired) electrons. The lowest BCUT2D eigenvalue weighted by atomic mass is 10.2. The Morgan fingerprint density at radius 1 is 0.897 bits per heavy atom. The van der Waals surface area contributed by atoms with Crippen LogP contribution < -0.4 is 15.1 Å². The van der Waals surface area contributed by atoms with E-state index >= 15 is 0 Å². The molecule has 0 spiro atoms. The molecule has 0 unspecified atom stereocenters. The van der Waals surface area contributed by atoms with Gasteiger partial charge < -0.3 is 15.1 Å². The van der Waals surface area contributed by atoms with Crippen molar-refractivity contribution in [2.75, 3.05) is 35.3 Å². The van der Waals surface area contributed by atoms with Crippen molar-refractivity contribution in [3.8, 4) is 0 Å². The van der Waals surface area contributed by atoms with E-state index in [9.17, 15) is 4.79 Å². The minimum atomic E-state index is -0.273. The number of carbonyl (C=O) groups is 1. The third-order valence-corrected chi connectivity index (χ3v) is 4.79. The van der Waals surface area contributed by atoms with Crippen LogP contribution in [0, 0.1) is 0 Å². The van der Waals surface area contributed by atoms with Gasteiger partial charge in [-0.3, -0.25) is 4.79 Å². The Morgan fingerprint density at radius 3 is 2.17 bits per heavy atom. The van der Waals surface area contributed by atoms with Gasteiger partial charge in [0.25, 0.3) is 5.91 Å². The van der Waals surface area contributed by atoms with Crippen LogP contribution in [0.15, 0.2) is 66.7 Å². The molecule has 6 heteroatoms. The van der Waals surface area contributed by atoms with Crippen molar-refractivity contribution < 1.29 is 4.79 Å². The molecule has 0 saturated carbocycles. The zero-order valence-corrected chi connectivity index (χ0v) is 17.2. The first-order valence-electron chi connectivity index (χ1n) is 9.85. The second-order valence-electron chi connectivity index (χ2n) is 6.79. The predicted molar refractivity (Wildman–Crippen MR) is 119 cm³/mol. The maximum atomic E-state index is 12.5. The second kappa shape index (κ2) is 9.68. The third-order valence-electron chi connectivity index (χ3n) is 4.79. The fourth-order valence-electron chi connectivity index (χ4n) is 3.13. The molecule has 2 aromatic carbocycles. The van der Waals surface area contributed by atoms with E-state index in [1.54, 1.807) is 6.07 Å². The first-order chi connectivity index (χ1) is 14.1. The highest BCUT2D eigenvalue weighted by Crippen LogP contribution is 2.18. The summed E-state index contributed by atoms with van der Waals surface area (Å²) in [6.07, 6.45) is 0. The molecule has 29 heavy (non-hydrogen) atoms. The van der Waals surface area contributed by atoms with E-state index in [0.29, 0.717) is 5.82 Å². The van der Waals surface area contributed by atoms with E-state index in [1.165, 1.54) is 5.56 Å². The Balaban J connectivity index is 1.61. The summed E-state index contributed by atoms with van der Waals surface area (Å²) in [5.41, 5.74) is 3.35. The van der Waals surface area contributed by atoms with Gasteiger partial charge in [-0.1, -0.05) is 30.3 Å². The van der Waals surface area contributed by atoms with Crippen LogP contribution in [-0.4, -0.2) is 36.2 Å². The number of hydrogen-bond acceptors (Lipinski definition) is 5. The summed E-state index contributed by atoms with van der Waals surface area (Å²) in [5.74, 6) is 0.444. The van der Waals surface area contributed by atoms with Crippen molar-refractivity contribution in [3.05, 3.63) is 78.0 Å². The molecular formula is C23H27N5O. The van der Waals surface area contributed by atoms with E-state index < -0.39 is 0 Å². The van der Waals surface area contributed by atoms with Crippen molar-refractivity contribution in [1.29, 1.82) is 0 Å². The summed E-state index contributed by atoms with van der Waals surface area (Å²) in [6, 6.07) is 21.5. The normalized spacial score (nSPS) is 10.4. The van der Waals surface area contributed by atoms with Gasteiger partial charge in [0.15, 0.2) is 11.5 Å². The zero-order chi connectivity index (χ0) is 20.6. The number of nitrogens with one attached hydrogen (secondary N) is 1.